The van der Waals surface area contributed by atoms with Crippen LogP contribution in [0.2, 0.25) is 0 Å². The summed E-state index contributed by atoms with van der Waals surface area (Å²) in [6, 6.07) is 2.22. The first kappa shape index (κ1) is 14.0. The average molecular weight is 302 g/mol. The van der Waals surface area contributed by atoms with Crippen molar-refractivity contribution in [2.75, 3.05) is 13.2 Å². The number of fused-ring (bicyclic) bond motifs is 1. The highest BCUT2D eigenvalue weighted by Gasteiger charge is 2.51. The van der Waals surface area contributed by atoms with Crippen LogP contribution in [-0.2, 0) is 16.4 Å². The van der Waals surface area contributed by atoms with Crippen LogP contribution >= 0.6 is 0 Å². The van der Waals surface area contributed by atoms with Crippen LogP contribution in [0.3, 0.4) is 0 Å². The van der Waals surface area contributed by atoms with Gasteiger partial charge in [-0.25, -0.2) is 0 Å². The fourth-order valence-corrected chi connectivity index (χ4v) is 2.74. The van der Waals surface area contributed by atoms with Crippen molar-refractivity contribution in [1.82, 2.24) is 0 Å². The van der Waals surface area contributed by atoms with Crippen LogP contribution in [-0.4, -0.2) is 24.3 Å². The number of benzene rings is 1. The zero-order valence-electron chi connectivity index (χ0n) is 11.0. The molecule has 0 bridgehead atoms. The molecule has 1 aliphatic carbocycles. The van der Waals surface area contributed by atoms with Crippen LogP contribution < -0.4 is 9.47 Å². The molecule has 2 aliphatic rings. The first-order valence-corrected chi connectivity index (χ1v) is 6.55. The minimum Gasteiger partial charge on any atom is -0.486 e. The molecule has 1 fully saturated rings. The maximum Gasteiger partial charge on any atom is 0.416 e. The van der Waals surface area contributed by atoms with Gasteiger partial charge >= 0.3 is 12.1 Å². The molecule has 114 valence electrons. The second kappa shape index (κ2) is 4.54. The lowest BCUT2D eigenvalue weighted by molar-refractivity contribution is -0.141. The maximum absolute atomic E-state index is 13.3. The van der Waals surface area contributed by atoms with Gasteiger partial charge in [-0.2, -0.15) is 13.2 Å². The number of rotatable bonds is 3. The zero-order valence-corrected chi connectivity index (χ0v) is 11.0. The number of hydrogen-bond donors (Lipinski definition) is 1. The smallest absolute Gasteiger partial charge is 0.416 e. The molecule has 1 aliphatic heterocycles. The Morgan fingerprint density at radius 2 is 1.76 bits per heavy atom. The molecular weight excluding hydrogens is 289 g/mol. The van der Waals surface area contributed by atoms with E-state index < -0.39 is 23.1 Å². The topological polar surface area (TPSA) is 55.8 Å². The largest absolute Gasteiger partial charge is 0.486 e. The van der Waals surface area contributed by atoms with E-state index in [1.54, 1.807) is 0 Å². The molecule has 1 N–H and O–H groups in total. The highest BCUT2D eigenvalue weighted by Crippen LogP contribution is 2.56. The van der Waals surface area contributed by atoms with Crippen molar-refractivity contribution in [2.24, 2.45) is 0 Å². The minimum absolute atomic E-state index is 0.00153. The molecule has 0 radical (unpaired) electrons. The summed E-state index contributed by atoms with van der Waals surface area (Å²) in [5, 5.41) is 8.95. The summed E-state index contributed by atoms with van der Waals surface area (Å²) in [7, 11) is 0. The third-order valence-corrected chi connectivity index (χ3v) is 3.90. The number of alkyl halides is 3. The average Bonchev–Trinajstić information content (AvgIpc) is 3.16. The molecule has 0 aromatic heterocycles. The first-order chi connectivity index (χ1) is 9.82. The molecule has 0 amide bonds. The predicted octanol–water partition coefficient (Wildman–Crippen LogP) is 2.98. The fraction of sp³-hybridized carbons (Fsp3) is 0.500. The zero-order chi connectivity index (χ0) is 15.3. The monoisotopic (exact) mass is 302 g/mol. The Hall–Kier alpha value is -1.92. The van der Waals surface area contributed by atoms with Gasteiger partial charge in [-0.1, -0.05) is 0 Å². The molecule has 0 atom stereocenters. The number of halogens is 3. The SMILES string of the molecule is O=C(O)CC1(c2cc3c(cc2C(F)(F)F)OCCO3)CC1. The van der Waals surface area contributed by atoms with E-state index in [1.165, 1.54) is 6.07 Å². The van der Waals surface area contributed by atoms with Crippen molar-refractivity contribution in [2.45, 2.75) is 30.9 Å². The Kier molecular flexibility index (Phi) is 3.04. The van der Waals surface area contributed by atoms with Crippen molar-refractivity contribution < 1.29 is 32.5 Å². The Morgan fingerprint density at radius 3 is 2.24 bits per heavy atom. The van der Waals surface area contributed by atoms with Gasteiger partial charge in [0.15, 0.2) is 11.5 Å². The third-order valence-electron chi connectivity index (χ3n) is 3.90. The van der Waals surface area contributed by atoms with E-state index in [1.807, 2.05) is 0 Å². The van der Waals surface area contributed by atoms with Crippen molar-refractivity contribution in [3.63, 3.8) is 0 Å². The van der Waals surface area contributed by atoms with Gasteiger partial charge in [-0.15, -0.1) is 0 Å². The third kappa shape index (κ3) is 2.52. The van der Waals surface area contributed by atoms with Crippen LogP contribution in [0.4, 0.5) is 13.2 Å². The van der Waals surface area contributed by atoms with Crippen molar-refractivity contribution in [1.29, 1.82) is 0 Å². The summed E-state index contributed by atoms with van der Waals surface area (Å²) >= 11 is 0. The summed E-state index contributed by atoms with van der Waals surface area (Å²) in [4.78, 5) is 10.9. The quantitative estimate of drug-likeness (QED) is 0.932. The van der Waals surface area contributed by atoms with E-state index in [2.05, 4.69) is 0 Å². The Morgan fingerprint density at radius 1 is 1.19 bits per heavy atom. The van der Waals surface area contributed by atoms with Crippen LogP contribution in [0, 0.1) is 0 Å². The molecule has 1 saturated carbocycles. The minimum atomic E-state index is -4.56. The molecule has 1 aromatic carbocycles. The normalized spacial score (nSPS) is 19.2. The number of hydrogen-bond acceptors (Lipinski definition) is 3. The van der Waals surface area contributed by atoms with Crippen LogP contribution in [0.25, 0.3) is 0 Å². The van der Waals surface area contributed by atoms with E-state index in [0.717, 1.165) is 6.07 Å². The van der Waals surface area contributed by atoms with Gasteiger partial charge in [0.05, 0.1) is 12.0 Å². The second-order valence-electron chi connectivity index (χ2n) is 5.39. The van der Waals surface area contributed by atoms with E-state index in [-0.39, 0.29) is 36.7 Å². The van der Waals surface area contributed by atoms with E-state index in [4.69, 9.17) is 14.6 Å². The summed E-state index contributed by atoms with van der Waals surface area (Å²) in [6.45, 7) is 0.466. The Bertz CT molecular complexity index is 591. The van der Waals surface area contributed by atoms with Gasteiger partial charge in [0.2, 0.25) is 0 Å². The summed E-state index contributed by atoms with van der Waals surface area (Å²) in [5.74, 6) is -0.792. The van der Waals surface area contributed by atoms with Gasteiger partial charge in [0, 0.05) is 5.41 Å². The van der Waals surface area contributed by atoms with Crippen LogP contribution in [0.5, 0.6) is 11.5 Å². The molecule has 0 saturated heterocycles. The van der Waals surface area contributed by atoms with Crippen LogP contribution in [0.15, 0.2) is 12.1 Å². The molecule has 4 nitrogen and oxygen atoms in total. The molecule has 0 spiro atoms. The van der Waals surface area contributed by atoms with Gasteiger partial charge in [-0.05, 0) is 30.5 Å². The number of aliphatic carboxylic acids is 1. The summed E-state index contributed by atoms with van der Waals surface area (Å²) in [6.07, 6.45) is -4.00. The van der Waals surface area contributed by atoms with E-state index >= 15 is 0 Å². The van der Waals surface area contributed by atoms with Gasteiger partial charge in [0.25, 0.3) is 0 Å². The highest BCUT2D eigenvalue weighted by molar-refractivity contribution is 5.71. The van der Waals surface area contributed by atoms with Crippen molar-refractivity contribution >= 4 is 5.97 Å². The standard InChI is InChI=1S/C14H13F3O4/c15-14(16,17)9-6-11-10(20-3-4-21-11)5-8(9)13(1-2-13)7-12(18)19/h5-6H,1-4,7H2,(H,18,19). The van der Waals surface area contributed by atoms with Gasteiger partial charge in [-0.3, -0.25) is 4.79 Å². The fourth-order valence-electron chi connectivity index (χ4n) is 2.74. The molecule has 21 heavy (non-hydrogen) atoms. The Labute approximate surface area is 118 Å². The number of carbonyl (C=O) groups is 1. The summed E-state index contributed by atoms with van der Waals surface area (Å²) < 4.78 is 50.3. The van der Waals surface area contributed by atoms with Crippen LogP contribution in [0.1, 0.15) is 30.4 Å². The van der Waals surface area contributed by atoms with Crippen molar-refractivity contribution in [3.8, 4) is 11.5 Å². The van der Waals surface area contributed by atoms with Gasteiger partial charge < -0.3 is 14.6 Å². The molecule has 1 heterocycles. The number of carboxylic acids is 1. The van der Waals surface area contributed by atoms with Gasteiger partial charge in [0.1, 0.15) is 13.2 Å². The maximum atomic E-state index is 13.3. The molecule has 0 unspecified atom stereocenters. The van der Waals surface area contributed by atoms with Crippen molar-refractivity contribution in [3.05, 3.63) is 23.3 Å². The number of ether oxygens (including phenoxy) is 2. The molecule has 1 aromatic rings. The predicted molar refractivity (Wildman–Crippen MR) is 65.6 cm³/mol. The van der Waals surface area contributed by atoms with E-state index in [9.17, 15) is 18.0 Å². The molecule has 7 heteroatoms. The molecular formula is C14H13F3O4. The molecule has 3 rings (SSSR count). The summed E-state index contributed by atoms with van der Waals surface area (Å²) in [5.41, 5.74) is -1.76. The lowest BCUT2D eigenvalue weighted by atomic mass is 9.87. The second-order valence-corrected chi connectivity index (χ2v) is 5.39. The number of carboxylic acid groups (broad SMARTS) is 1. The first-order valence-electron chi connectivity index (χ1n) is 6.55. The Balaban J connectivity index is 2.11. The highest BCUT2D eigenvalue weighted by atomic mass is 19.4. The lowest BCUT2D eigenvalue weighted by Crippen LogP contribution is -2.22. The lowest BCUT2D eigenvalue weighted by Gasteiger charge is -2.25. The van der Waals surface area contributed by atoms with E-state index in [0.29, 0.717) is 12.8 Å².